The zero-order valence-electron chi connectivity index (χ0n) is 11.5. The van der Waals surface area contributed by atoms with Crippen molar-refractivity contribution in [3.05, 3.63) is 64.1 Å². The maximum Gasteiger partial charge on any atom is 0.234 e. The molecule has 2 nitrogen and oxygen atoms in total. The van der Waals surface area contributed by atoms with E-state index < -0.39 is 0 Å². The first-order valence-electron chi connectivity index (χ1n) is 6.48. The zero-order valence-corrected chi connectivity index (χ0v) is 13.8. The van der Waals surface area contributed by atoms with E-state index >= 15 is 0 Å². The Kier molecular flexibility index (Phi) is 5.97. The van der Waals surface area contributed by atoms with Gasteiger partial charge < -0.3 is 5.32 Å². The van der Waals surface area contributed by atoms with Crippen LogP contribution in [0, 0.1) is 0 Å². The van der Waals surface area contributed by atoms with Crippen molar-refractivity contribution in [1.82, 2.24) is 0 Å². The molecule has 0 spiro atoms. The highest BCUT2D eigenvalue weighted by Gasteiger charge is 2.11. The van der Waals surface area contributed by atoms with E-state index in [1.165, 1.54) is 5.56 Å². The van der Waals surface area contributed by atoms with Gasteiger partial charge in [0.15, 0.2) is 0 Å². The molecule has 0 heterocycles. The highest BCUT2D eigenvalue weighted by atomic mass is 35.5. The molecule has 0 aliphatic heterocycles. The van der Waals surface area contributed by atoms with Gasteiger partial charge in [-0.05, 0) is 24.6 Å². The van der Waals surface area contributed by atoms with Crippen molar-refractivity contribution in [3.8, 4) is 0 Å². The molecular weight excluding hydrogens is 325 g/mol. The summed E-state index contributed by atoms with van der Waals surface area (Å²) in [6.45, 7) is 2.08. The first-order valence-corrected chi connectivity index (χ1v) is 8.29. The Morgan fingerprint density at radius 3 is 2.57 bits per heavy atom. The van der Waals surface area contributed by atoms with Gasteiger partial charge in [0, 0.05) is 5.25 Å². The normalized spacial score (nSPS) is 12.0. The molecule has 0 radical (unpaired) electrons. The number of thioether (sulfide) groups is 1. The molecule has 0 aromatic heterocycles. The molecule has 1 amide bonds. The molecule has 0 saturated carbocycles. The first-order chi connectivity index (χ1) is 10.1. The molecular formula is C16H15Cl2NOS. The van der Waals surface area contributed by atoms with E-state index in [0.717, 1.165) is 0 Å². The van der Waals surface area contributed by atoms with E-state index in [-0.39, 0.29) is 11.2 Å². The predicted molar refractivity (Wildman–Crippen MR) is 92.4 cm³/mol. The number of anilines is 1. The van der Waals surface area contributed by atoms with Crippen molar-refractivity contribution < 1.29 is 4.79 Å². The maximum absolute atomic E-state index is 12.0. The molecule has 0 fully saturated rings. The summed E-state index contributed by atoms with van der Waals surface area (Å²) in [5.74, 6) is 0.269. The molecule has 2 aromatic carbocycles. The first kappa shape index (κ1) is 16.2. The van der Waals surface area contributed by atoms with Crippen LogP contribution in [-0.2, 0) is 4.79 Å². The van der Waals surface area contributed by atoms with Crippen LogP contribution in [0.2, 0.25) is 10.0 Å². The van der Waals surface area contributed by atoms with E-state index in [1.54, 1.807) is 30.0 Å². The smallest absolute Gasteiger partial charge is 0.234 e. The Morgan fingerprint density at radius 2 is 1.86 bits per heavy atom. The third-order valence-corrected chi connectivity index (χ3v) is 4.98. The lowest BCUT2D eigenvalue weighted by molar-refractivity contribution is -0.113. The lowest BCUT2D eigenvalue weighted by Gasteiger charge is -2.12. The lowest BCUT2D eigenvalue weighted by atomic mass is 10.2. The number of carbonyl (C=O) groups excluding carboxylic acids is 1. The second kappa shape index (κ2) is 7.74. The topological polar surface area (TPSA) is 29.1 Å². The fraction of sp³-hybridized carbons (Fsp3) is 0.188. The van der Waals surface area contributed by atoms with Crippen LogP contribution in [0.1, 0.15) is 17.7 Å². The Bertz CT molecular complexity index is 619. The minimum absolute atomic E-state index is 0.0908. The Hall–Kier alpha value is -1.16. The minimum atomic E-state index is -0.0908. The van der Waals surface area contributed by atoms with Crippen LogP contribution in [0.3, 0.4) is 0 Å². The van der Waals surface area contributed by atoms with Crippen LogP contribution in [0.15, 0.2) is 48.5 Å². The summed E-state index contributed by atoms with van der Waals surface area (Å²) in [7, 11) is 0. The van der Waals surface area contributed by atoms with Crippen molar-refractivity contribution in [2.75, 3.05) is 11.1 Å². The molecule has 0 unspecified atom stereocenters. The second-order valence-electron chi connectivity index (χ2n) is 4.51. The summed E-state index contributed by atoms with van der Waals surface area (Å²) < 4.78 is 0. The van der Waals surface area contributed by atoms with Crippen LogP contribution < -0.4 is 5.32 Å². The summed E-state index contributed by atoms with van der Waals surface area (Å²) in [6, 6.07) is 15.3. The standard InChI is InChI=1S/C16H15Cl2NOS/c1-11(12-6-3-2-4-7-12)21-10-15(20)19-14-9-5-8-13(17)16(14)18/h2-9,11H,10H2,1H3,(H,19,20)/t11-/m0/s1. The fourth-order valence-corrected chi connectivity index (χ4v) is 2.98. The van der Waals surface area contributed by atoms with Crippen molar-refractivity contribution >= 4 is 46.6 Å². The molecule has 2 aromatic rings. The van der Waals surface area contributed by atoms with Crippen LogP contribution in [0.4, 0.5) is 5.69 Å². The van der Waals surface area contributed by atoms with E-state index in [1.807, 2.05) is 18.2 Å². The van der Waals surface area contributed by atoms with Gasteiger partial charge in [-0.3, -0.25) is 4.79 Å². The number of amides is 1. The number of carbonyl (C=O) groups is 1. The Morgan fingerprint density at radius 1 is 1.14 bits per heavy atom. The zero-order chi connectivity index (χ0) is 15.2. The van der Waals surface area contributed by atoms with Crippen LogP contribution in [-0.4, -0.2) is 11.7 Å². The van der Waals surface area contributed by atoms with Crippen LogP contribution >= 0.6 is 35.0 Å². The fourth-order valence-electron chi connectivity index (χ4n) is 1.81. The van der Waals surface area contributed by atoms with Gasteiger partial charge in [0.1, 0.15) is 0 Å². The second-order valence-corrected chi connectivity index (χ2v) is 6.63. The van der Waals surface area contributed by atoms with E-state index in [0.29, 0.717) is 21.5 Å². The molecule has 0 bridgehead atoms. The van der Waals surface area contributed by atoms with E-state index in [4.69, 9.17) is 23.2 Å². The van der Waals surface area contributed by atoms with Gasteiger partial charge in [-0.1, -0.05) is 59.6 Å². The van der Waals surface area contributed by atoms with E-state index in [2.05, 4.69) is 24.4 Å². The van der Waals surface area contributed by atoms with Crippen molar-refractivity contribution in [3.63, 3.8) is 0 Å². The monoisotopic (exact) mass is 339 g/mol. The number of hydrogen-bond acceptors (Lipinski definition) is 2. The molecule has 21 heavy (non-hydrogen) atoms. The van der Waals surface area contributed by atoms with Gasteiger partial charge in [0.25, 0.3) is 0 Å². The number of rotatable bonds is 5. The Labute approximate surface area is 138 Å². The van der Waals surface area contributed by atoms with Crippen molar-refractivity contribution in [1.29, 1.82) is 0 Å². The van der Waals surface area contributed by atoms with Crippen molar-refractivity contribution in [2.24, 2.45) is 0 Å². The Balaban J connectivity index is 1.89. The predicted octanol–water partition coefficient (Wildman–Crippen LogP) is 5.43. The number of nitrogens with one attached hydrogen (secondary N) is 1. The molecule has 0 aliphatic rings. The molecule has 0 aliphatic carbocycles. The summed E-state index contributed by atoms with van der Waals surface area (Å²) in [4.78, 5) is 12.0. The molecule has 110 valence electrons. The molecule has 0 saturated heterocycles. The quantitative estimate of drug-likeness (QED) is 0.787. The SMILES string of the molecule is C[C@H](SCC(=O)Nc1cccc(Cl)c1Cl)c1ccccc1. The average molecular weight is 340 g/mol. The highest BCUT2D eigenvalue weighted by molar-refractivity contribution is 8.00. The number of halogens is 2. The average Bonchev–Trinajstić information content (AvgIpc) is 2.50. The minimum Gasteiger partial charge on any atom is -0.324 e. The van der Waals surface area contributed by atoms with Crippen LogP contribution in [0.25, 0.3) is 0 Å². The number of benzene rings is 2. The van der Waals surface area contributed by atoms with Gasteiger partial charge >= 0.3 is 0 Å². The van der Waals surface area contributed by atoms with Gasteiger partial charge in [0.2, 0.25) is 5.91 Å². The molecule has 1 N–H and O–H groups in total. The molecule has 5 heteroatoms. The largest absolute Gasteiger partial charge is 0.324 e. The molecule has 2 rings (SSSR count). The maximum atomic E-state index is 12.0. The van der Waals surface area contributed by atoms with Crippen molar-refractivity contribution in [2.45, 2.75) is 12.2 Å². The molecule has 1 atom stereocenters. The summed E-state index contributed by atoms with van der Waals surface area (Å²) >= 11 is 13.5. The third-order valence-electron chi connectivity index (χ3n) is 2.96. The summed E-state index contributed by atoms with van der Waals surface area (Å²) in [5, 5.41) is 3.84. The third kappa shape index (κ3) is 4.67. The van der Waals surface area contributed by atoms with Gasteiger partial charge in [0.05, 0.1) is 21.5 Å². The van der Waals surface area contributed by atoms with E-state index in [9.17, 15) is 4.79 Å². The number of hydrogen-bond donors (Lipinski definition) is 1. The summed E-state index contributed by atoms with van der Waals surface area (Å²) in [6.07, 6.45) is 0. The summed E-state index contributed by atoms with van der Waals surface area (Å²) in [5.41, 5.74) is 1.75. The van der Waals surface area contributed by atoms with Crippen LogP contribution in [0.5, 0.6) is 0 Å². The van der Waals surface area contributed by atoms with Gasteiger partial charge in [-0.25, -0.2) is 0 Å². The highest BCUT2D eigenvalue weighted by Crippen LogP contribution is 2.31. The van der Waals surface area contributed by atoms with Gasteiger partial charge in [-0.15, -0.1) is 11.8 Å². The lowest BCUT2D eigenvalue weighted by Crippen LogP contribution is -2.15. The van der Waals surface area contributed by atoms with Gasteiger partial charge in [-0.2, -0.15) is 0 Å².